The molecule has 0 saturated carbocycles. The number of rotatable bonds is 5. The molecule has 0 spiro atoms. The summed E-state index contributed by atoms with van der Waals surface area (Å²) >= 11 is 0. The van der Waals surface area contributed by atoms with Crippen LogP contribution in [0.2, 0.25) is 0 Å². The lowest BCUT2D eigenvalue weighted by Crippen LogP contribution is -2.37. The van der Waals surface area contributed by atoms with Crippen molar-refractivity contribution in [1.82, 2.24) is 10.6 Å². The largest absolute Gasteiger partial charge is 0.459 e. The molecule has 2 N–H and O–H groups in total. The molecule has 4 rings (SSSR count). The SMILES string of the molecule is CC(NC(=O)CNC(=O)c1ccc2c(c1)OCO2)c1cc2ccccc2o1. The van der Waals surface area contributed by atoms with E-state index < -0.39 is 0 Å². The van der Waals surface area contributed by atoms with Crippen LogP contribution in [-0.2, 0) is 4.79 Å². The second-order valence-electron chi connectivity index (χ2n) is 6.23. The minimum absolute atomic E-state index is 0.141. The molecule has 2 aromatic carbocycles. The number of amides is 2. The first-order valence-electron chi connectivity index (χ1n) is 8.56. The summed E-state index contributed by atoms with van der Waals surface area (Å²) in [5.74, 6) is 1.11. The number of carbonyl (C=O) groups excluding carboxylic acids is 2. The first-order chi connectivity index (χ1) is 13.1. The van der Waals surface area contributed by atoms with Crippen molar-refractivity contribution in [2.24, 2.45) is 0 Å². The standard InChI is InChI=1S/C20H18N2O5/c1-12(17-8-13-4-2-3-5-15(13)27-17)22-19(23)10-21-20(24)14-6-7-16-18(9-14)26-11-25-16/h2-9,12H,10-11H2,1H3,(H,21,24)(H,22,23). The number of para-hydroxylation sites is 1. The molecule has 138 valence electrons. The number of benzene rings is 2. The van der Waals surface area contributed by atoms with E-state index in [1.165, 1.54) is 0 Å². The molecule has 1 aliphatic rings. The van der Waals surface area contributed by atoms with E-state index in [1.807, 2.05) is 37.3 Å². The van der Waals surface area contributed by atoms with Crippen LogP contribution in [0.25, 0.3) is 11.0 Å². The number of nitrogens with one attached hydrogen (secondary N) is 2. The first kappa shape index (κ1) is 17.0. The van der Waals surface area contributed by atoms with Gasteiger partial charge in [-0.2, -0.15) is 0 Å². The maximum absolute atomic E-state index is 12.2. The predicted octanol–water partition coefficient (Wildman–Crippen LogP) is 2.77. The number of ether oxygens (including phenoxy) is 2. The molecule has 1 atom stereocenters. The van der Waals surface area contributed by atoms with Crippen LogP contribution in [0.3, 0.4) is 0 Å². The number of fused-ring (bicyclic) bond motifs is 2. The fourth-order valence-corrected chi connectivity index (χ4v) is 2.88. The van der Waals surface area contributed by atoms with Crippen molar-refractivity contribution in [3.63, 3.8) is 0 Å². The first-order valence-corrected chi connectivity index (χ1v) is 8.56. The van der Waals surface area contributed by atoms with E-state index in [1.54, 1.807) is 18.2 Å². The van der Waals surface area contributed by atoms with Crippen molar-refractivity contribution in [2.75, 3.05) is 13.3 Å². The smallest absolute Gasteiger partial charge is 0.251 e. The molecule has 2 amide bonds. The second-order valence-corrected chi connectivity index (χ2v) is 6.23. The van der Waals surface area contributed by atoms with Crippen molar-refractivity contribution < 1.29 is 23.5 Å². The monoisotopic (exact) mass is 366 g/mol. The zero-order valence-electron chi connectivity index (χ0n) is 14.7. The molecule has 2 heterocycles. The Morgan fingerprint density at radius 1 is 1.07 bits per heavy atom. The van der Waals surface area contributed by atoms with Crippen molar-refractivity contribution in [2.45, 2.75) is 13.0 Å². The third-order valence-corrected chi connectivity index (χ3v) is 4.29. The molecule has 1 unspecified atom stereocenters. The lowest BCUT2D eigenvalue weighted by atomic mass is 10.2. The fraction of sp³-hybridized carbons (Fsp3) is 0.200. The highest BCUT2D eigenvalue weighted by molar-refractivity contribution is 5.97. The van der Waals surface area contributed by atoms with Crippen LogP contribution in [0.1, 0.15) is 29.1 Å². The zero-order chi connectivity index (χ0) is 18.8. The molecule has 27 heavy (non-hydrogen) atoms. The maximum atomic E-state index is 12.2. The Morgan fingerprint density at radius 2 is 1.89 bits per heavy atom. The van der Waals surface area contributed by atoms with E-state index in [9.17, 15) is 9.59 Å². The van der Waals surface area contributed by atoms with Crippen LogP contribution in [0.4, 0.5) is 0 Å². The van der Waals surface area contributed by atoms with Gasteiger partial charge in [0.1, 0.15) is 11.3 Å². The minimum Gasteiger partial charge on any atom is -0.459 e. The highest BCUT2D eigenvalue weighted by Crippen LogP contribution is 2.32. The summed E-state index contributed by atoms with van der Waals surface area (Å²) in [5.41, 5.74) is 1.17. The summed E-state index contributed by atoms with van der Waals surface area (Å²) < 4.78 is 16.2. The summed E-state index contributed by atoms with van der Waals surface area (Å²) in [6.07, 6.45) is 0. The van der Waals surface area contributed by atoms with Gasteiger partial charge in [0, 0.05) is 10.9 Å². The Kier molecular flexibility index (Phi) is 4.42. The lowest BCUT2D eigenvalue weighted by molar-refractivity contribution is -0.120. The average Bonchev–Trinajstić information content (AvgIpc) is 3.31. The number of carbonyl (C=O) groups is 2. The van der Waals surface area contributed by atoms with E-state index in [2.05, 4.69) is 10.6 Å². The summed E-state index contributed by atoms with van der Waals surface area (Å²) in [5, 5.41) is 6.39. The van der Waals surface area contributed by atoms with Crippen molar-refractivity contribution >= 4 is 22.8 Å². The second kappa shape index (κ2) is 7.03. The summed E-state index contributed by atoms with van der Waals surface area (Å²) in [6.45, 7) is 1.83. The summed E-state index contributed by atoms with van der Waals surface area (Å²) in [7, 11) is 0. The van der Waals surface area contributed by atoms with Crippen LogP contribution >= 0.6 is 0 Å². The third kappa shape index (κ3) is 3.57. The molecule has 0 saturated heterocycles. The van der Waals surface area contributed by atoms with Crippen LogP contribution in [0.15, 0.2) is 52.9 Å². The third-order valence-electron chi connectivity index (χ3n) is 4.29. The van der Waals surface area contributed by atoms with Crippen LogP contribution in [-0.4, -0.2) is 25.2 Å². The van der Waals surface area contributed by atoms with Gasteiger partial charge in [0.2, 0.25) is 12.7 Å². The van der Waals surface area contributed by atoms with Gasteiger partial charge in [-0.1, -0.05) is 18.2 Å². The summed E-state index contributed by atoms with van der Waals surface area (Å²) in [4.78, 5) is 24.4. The lowest BCUT2D eigenvalue weighted by Gasteiger charge is -2.12. The van der Waals surface area contributed by atoms with Crippen LogP contribution < -0.4 is 20.1 Å². The molecular formula is C20H18N2O5. The van der Waals surface area contributed by atoms with Gasteiger partial charge in [0.15, 0.2) is 11.5 Å². The van der Waals surface area contributed by atoms with Crippen molar-refractivity contribution in [1.29, 1.82) is 0 Å². The average molecular weight is 366 g/mol. The fourth-order valence-electron chi connectivity index (χ4n) is 2.88. The van der Waals surface area contributed by atoms with E-state index in [-0.39, 0.29) is 31.2 Å². The highest BCUT2D eigenvalue weighted by Gasteiger charge is 2.18. The van der Waals surface area contributed by atoms with Gasteiger partial charge in [-0.25, -0.2) is 0 Å². The Balaban J connectivity index is 1.33. The quantitative estimate of drug-likeness (QED) is 0.725. The van der Waals surface area contributed by atoms with E-state index in [0.717, 1.165) is 11.0 Å². The van der Waals surface area contributed by atoms with Gasteiger partial charge < -0.3 is 24.5 Å². The summed E-state index contributed by atoms with van der Waals surface area (Å²) in [6, 6.07) is 14.1. The van der Waals surface area contributed by atoms with Gasteiger partial charge >= 0.3 is 0 Å². The van der Waals surface area contributed by atoms with E-state index >= 15 is 0 Å². The molecule has 7 heteroatoms. The maximum Gasteiger partial charge on any atom is 0.251 e. The van der Waals surface area contributed by atoms with Crippen LogP contribution in [0, 0.1) is 0 Å². The number of hydrogen-bond donors (Lipinski definition) is 2. The normalized spacial score (nSPS) is 13.4. The minimum atomic E-state index is -0.361. The molecule has 1 aromatic heterocycles. The van der Waals surface area contributed by atoms with Gasteiger partial charge in [0.25, 0.3) is 5.91 Å². The van der Waals surface area contributed by atoms with E-state index in [4.69, 9.17) is 13.9 Å². The van der Waals surface area contributed by atoms with Gasteiger partial charge in [-0.3, -0.25) is 9.59 Å². The van der Waals surface area contributed by atoms with Crippen molar-refractivity contribution in [3.05, 3.63) is 59.9 Å². The van der Waals surface area contributed by atoms with Crippen LogP contribution in [0.5, 0.6) is 11.5 Å². The van der Waals surface area contributed by atoms with Gasteiger partial charge in [-0.15, -0.1) is 0 Å². The Hall–Kier alpha value is -3.48. The van der Waals surface area contributed by atoms with Gasteiger partial charge in [0.05, 0.1) is 12.6 Å². The molecular weight excluding hydrogens is 348 g/mol. The highest BCUT2D eigenvalue weighted by atomic mass is 16.7. The Bertz CT molecular complexity index is 978. The molecule has 0 fully saturated rings. The molecule has 0 radical (unpaired) electrons. The topological polar surface area (TPSA) is 89.8 Å². The number of hydrogen-bond acceptors (Lipinski definition) is 5. The van der Waals surface area contributed by atoms with E-state index in [0.29, 0.717) is 22.8 Å². The molecule has 1 aliphatic heterocycles. The van der Waals surface area contributed by atoms with Crippen molar-refractivity contribution in [3.8, 4) is 11.5 Å². The molecule has 7 nitrogen and oxygen atoms in total. The van der Waals surface area contributed by atoms with Gasteiger partial charge in [-0.05, 0) is 37.3 Å². The zero-order valence-corrected chi connectivity index (χ0v) is 14.7. The molecule has 0 aliphatic carbocycles. The Labute approximate surface area is 155 Å². The molecule has 0 bridgehead atoms. The predicted molar refractivity (Wildman–Crippen MR) is 97.7 cm³/mol. The number of furan rings is 1. The molecule has 3 aromatic rings. The Morgan fingerprint density at radius 3 is 2.74 bits per heavy atom.